The minimum Gasteiger partial charge on any atom is -0.368 e. The number of hydrogen-bond acceptors (Lipinski definition) is 3. The first kappa shape index (κ1) is 17.3. The van der Waals surface area contributed by atoms with Crippen LogP contribution in [0.1, 0.15) is 30.7 Å². The van der Waals surface area contributed by atoms with E-state index >= 15 is 0 Å². The predicted octanol–water partition coefficient (Wildman–Crippen LogP) is 2.20. The number of amides is 2. The van der Waals surface area contributed by atoms with Gasteiger partial charge in [-0.2, -0.15) is 0 Å². The molecule has 3 fully saturated rings. The van der Waals surface area contributed by atoms with Crippen LogP contribution in [0.15, 0.2) is 43.0 Å². The van der Waals surface area contributed by atoms with Gasteiger partial charge in [0.15, 0.2) is 0 Å². The molecule has 0 saturated carbocycles. The second kappa shape index (κ2) is 6.88. The summed E-state index contributed by atoms with van der Waals surface area (Å²) in [5, 5.41) is 0. The van der Waals surface area contributed by atoms with Crippen molar-refractivity contribution in [2.75, 3.05) is 32.8 Å². The van der Waals surface area contributed by atoms with Gasteiger partial charge in [-0.1, -0.05) is 36.4 Å². The highest BCUT2D eigenvalue weighted by atomic mass is 16.5. The van der Waals surface area contributed by atoms with Crippen LogP contribution in [0.25, 0.3) is 0 Å². The second-order valence-corrected chi connectivity index (χ2v) is 7.63. The smallest absolute Gasteiger partial charge is 0.251 e. The molecule has 2 amide bonds. The van der Waals surface area contributed by atoms with Crippen LogP contribution in [-0.2, 0) is 14.3 Å². The lowest BCUT2D eigenvalue weighted by Crippen LogP contribution is -2.42. The fraction of sp³-hybridized carbons (Fsp3) is 0.524. The van der Waals surface area contributed by atoms with E-state index < -0.39 is 5.41 Å². The number of benzene rings is 1. The summed E-state index contributed by atoms with van der Waals surface area (Å²) in [4.78, 5) is 30.0. The van der Waals surface area contributed by atoms with Crippen molar-refractivity contribution in [3.05, 3.63) is 48.6 Å². The van der Waals surface area contributed by atoms with Crippen LogP contribution in [0.2, 0.25) is 0 Å². The molecule has 5 nitrogen and oxygen atoms in total. The van der Waals surface area contributed by atoms with E-state index in [4.69, 9.17) is 4.74 Å². The molecule has 1 spiro atoms. The third-order valence-electron chi connectivity index (χ3n) is 6.15. The van der Waals surface area contributed by atoms with Gasteiger partial charge < -0.3 is 14.5 Å². The van der Waals surface area contributed by atoms with Crippen molar-refractivity contribution >= 4 is 11.8 Å². The van der Waals surface area contributed by atoms with Gasteiger partial charge in [0, 0.05) is 38.7 Å². The zero-order chi connectivity index (χ0) is 18.1. The van der Waals surface area contributed by atoms with Crippen LogP contribution in [0, 0.1) is 5.41 Å². The Hall–Kier alpha value is -2.14. The van der Waals surface area contributed by atoms with E-state index in [-0.39, 0.29) is 23.8 Å². The number of ether oxygens (including phenoxy) is 1. The molecule has 26 heavy (non-hydrogen) atoms. The highest BCUT2D eigenvalue weighted by molar-refractivity contribution is 5.89. The lowest BCUT2D eigenvalue weighted by molar-refractivity contribution is -0.141. The first-order chi connectivity index (χ1) is 12.7. The van der Waals surface area contributed by atoms with Crippen molar-refractivity contribution in [2.24, 2.45) is 5.41 Å². The molecular weight excluding hydrogens is 328 g/mol. The van der Waals surface area contributed by atoms with Gasteiger partial charge in [-0.05, 0) is 24.8 Å². The third-order valence-corrected chi connectivity index (χ3v) is 6.15. The van der Waals surface area contributed by atoms with E-state index in [1.807, 2.05) is 28.0 Å². The molecule has 4 rings (SSSR count). The number of nitrogens with zero attached hydrogens (tertiary/aromatic N) is 2. The molecule has 3 atom stereocenters. The Balaban J connectivity index is 1.65. The van der Waals surface area contributed by atoms with Gasteiger partial charge in [0.05, 0.1) is 5.41 Å². The number of likely N-dealkylation sites (tertiary alicyclic amines) is 2. The number of carbonyl (C=O) groups excluding carboxylic acids is 2. The van der Waals surface area contributed by atoms with Crippen LogP contribution in [0.4, 0.5) is 0 Å². The van der Waals surface area contributed by atoms with E-state index in [9.17, 15) is 9.59 Å². The predicted molar refractivity (Wildman–Crippen MR) is 98.6 cm³/mol. The van der Waals surface area contributed by atoms with Crippen LogP contribution in [-0.4, -0.2) is 60.5 Å². The van der Waals surface area contributed by atoms with Gasteiger partial charge in [0.25, 0.3) is 5.91 Å². The molecule has 3 aliphatic heterocycles. The summed E-state index contributed by atoms with van der Waals surface area (Å²) in [6, 6.07) is 10.2. The van der Waals surface area contributed by atoms with E-state index in [0.717, 1.165) is 31.4 Å². The SMILES string of the molecule is C=CCN1CC[C@]2(CN(C(=O)[C@H]3CCCO3)C[C@H]2c2ccccc2)C1=O. The summed E-state index contributed by atoms with van der Waals surface area (Å²) in [7, 11) is 0. The van der Waals surface area contributed by atoms with E-state index in [2.05, 4.69) is 18.7 Å². The maximum absolute atomic E-state index is 13.3. The number of carbonyl (C=O) groups is 2. The first-order valence-corrected chi connectivity index (χ1v) is 9.51. The lowest BCUT2D eigenvalue weighted by atomic mass is 9.73. The Bertz CT molecular complexity index is 698. The van der Waals surface area contributed by atoms with Gasteiger partial charge in [-0.25, -0.2) is 0 Å². The fourth-order valence-corrected chi connectivity index (χ4v) is 4.82. The van der Waals surface area contributed by atoms with Gasteiger partial charge >= 0.3 is 0 Å². The molecule has 0 radical (unpaired) electrons. The maximum atomic E-state index is 13.3. The molecule has 3 heterocycles. The molecule has 0 unspecified atom stereocenters. The van der Waals surface area contributed by atoms with Crippen molar-refractivity contribution in [1.29, 1.82) is 0 Å². The van der Waals surface area contributed by atoms with Crippen molar-refractivity contribution in [2.45, 2.75) is 31.3 Å². The number of hydrogen-bond donors (Lipinski definition) is 0. The van der Waals surface area contributed by atoms with Gasteiger partial charge in [0.2, 0.25) is 5.91 Å². The van der Waals surface area contributed by atoms with Gasteiger partial charge in [-0.15, -0.1) is 6.58 Å². The average Bonchev–Trinajstić information content (AvgIpc) is 3.39. The zero-order valence-corrected chi connectivity index (χ0v) is 15.1. The minimum atomic E-state index is -0.515. The molecule has 3 aliphatic rings. The van der Waals surface area contributed by atoms with Crippen molar-refractivity contribution in [3.8, 4) is 0 Å². The van der Waals surface area contributed by atoms with Crippen LogP contribution in [0.5, 0.6) is 0 Å². The molecule has 138 valence electrons. The van der Waals surface area contributed by atoms with Crippen LogP contribution < -0.4 is 0 Å². The average molecular weight is 354 g/mol. The summed E-state index contributed by atoms with van der Waals surface area (Å²) < 4.78 is 5.61. The van der Waals surface area contributed by atoms with Crippen molar-refractivity contribution < 1.29 is 14.3 Å². The molecule has 0 N–H and O–H groups in total. The third kappa shape index (κ3) is 2.75. The quantitative estimate of drug-likeness (QED) is 0.779. The Morgan fingerprint density at radius 1 is 1.35 bits per heavy atom. The first-order valence-electron chi connectivity index (χ1n) is 9.51. The lowest BCUT2D eigenvalue weighted by Gasteiger charge is -2.28. The Kier molecular flexibility index (Phi) is 4.57. The molecule has 5 heteroatoms. The maximum Gasteiger partial charge on any atom is 0.251 e. The fourth-order valence-electron chi connectivity index (χ4n) is 4.82. The van der Waals surface area contributed by atoms with Crippen molar-refractivity contribution in [1.82, 2.24) is 9.80 Å². The summed E-state index contributed by atoms with van der Waals surface area (Å²) >= 11 is 0. The Morgan fingerprint density at radius 2 is 2.15 bits per heavy atom. The summed E-state index contributed by atoms with van der Waals surface area (Å²) in [6.45, 7) is 6.82. The molecule has 3 saturated heterocycles. The van der Waals surface area contributed by atoms with Gasteiger partial charge in [-0.3, -0.25) is 9.59 Å². The highest BCUT2D eigenvalue weighted by Crippen LogP contribution is 2.50. The highest BCUT2D eigenvalue weighted by Gasteiger charge is 2.58. The Labute approximate surface area is 154 Å². The normalized spacial score (nSPS) is 31.2. The molecule has 1 aromatic rings. The molecule has 0 bridgehead atoms. The largest absolute Gasteiger partial charge is 0.368 e. The summed E-state index contributed by atoms with van der Waals surface area (Å²) in [5.74, 6) is 0.250. The topological polar surface area (TPSA) is 49.9 Å². The second-order valence-electron chi connectivity index (χ2n) is 7.63. The monoisotopic (exact) mass is 354 g/mol. The van der Waals surface area contributed by atoms with Crippen LogP contribution >= 0.6 is 0 Å². The molecular formula is C21H26N2O3. The summed E-state index contributed by atoms with van der Waals surface area (Å²) in [5.41, 5.74) is 0.627. The van der Waals surface area contributed by atoms with E-state index in [1.54, 1.807) is 6.08 Å². The zero-order valence-electron chi connectivity index (χ0n) is 15.1. The Morgan fingerprint density at radius 3 is 2.85 bits per heavy atom. The van der Waals surface area contributed by atoms with Crippen molar-refractivity contribution in [3.63, 3.8) is 0 Å². The molecule has 0 aromatic heterocycles. The molecule has 0 aliphatic carbocycles. The molecule has 1 aromatic carbocycles. The minimum absolute atomic E-state index is 0.0383. The van der Waals surface area contributed by atoms with Crippen LogP contribution in [0.3, 0.4) is 0 Å². The van der Waals surface area contributed by atoms with Gasteiger partial charge in [0.1, 0.15) is 6.10 Å². The van der Waals surface area contributed by atoms with E-state index in [0.29, 0.717) is 26.2 Å². The van der Waals surface area contributed by atoms with E-state index in [1.165, 1.54) is 0 Å². The standard InChI is InChI=1S/C21H26N2O3/c1-2-11-22-12-10-21(20(22)25)15-23(19(24)18-9-6-13-26-18)14-17(21)16-7-4-3-5-8-16/h2-5,7-8,17-18H,1,6,9-15H2/t17-,18+,21+/m0/s1. The summed E-state index contributed by atoms with van der Waals surface area (Å²) in [6.07, 6.45) is 3.95. The number of rotatable bonds is 4.